The standard InChI is InChI=1S/C13H13N5O/c19-12-10-7-14-13-15-8-16-18(13)11(10)5-6-17(12)9-3-1-2-4-9/h5-9H,1-4H2. The summed E-state index contributed by atoms with van der Waals surface area (Å²) in [7, 11) is 0. The lowest BCUT2D eigenvalue weighted by Crippen LogP contribution is -2.23. The van der Waals surface area contributed by atoms with Gasteiger partial charge in [-0.2, -0.15) is 14.6 Å². The average Bonchev–Trinajstić information content (AvgIpc) is 3.10. The van der Waals surface area contributed by atoms with E-state index in [2.05, 4.69) is 15.1 Å². The minimum Gasteiger partial charge on any atom is -0.312 e. The molecule has 3 aromatic heterocycles. The van der Waals surface area contributed by atoms with Crippen molar-refractivity contribution in [2.24, 2.45) is 0 Å². The van der Waals surface area contributed by atoms with Gasteiger partial charge < -0.3 is 4.57 Å². The maximum absolute atomic E-state index is 12.5. The first-order valence-electron chi connectivity index (χ1n) is 6.54. The second-order valence-corrected chi connectivity index (χ2v) is 5.00. The van der Waals surface area contributed by atoms with Crippen LogP contribution in [0.1, 0.15) is 31.7 Å². The molecule has 0 spiro atoms. The predicted molar refractivity (Wildman–Crippen MR) is 70.1 cm³/mol. The van der Waals surface area contributed by atoms with Crippen molar-refractivity contribution in [3.8, 4) is 0 Å². The zero-order chi connectivity index (χ0) is 12.8. The van der Waals surface area contributed by atoms with Crippen molar-refractivity contribution in [1.29, 1.82) is 0 Å². The van der Waals surface area contributed by atoms with E-state index >= 15 is 0 Å². The Labute approximate surface area is 108 Å². The molecule has 0 radical (unpaired) electrons. The summed E-state index contributed by atoms with van der Waals surface area (Å²) in [5, 5.41) is 4.71. The van der Waals surface area contributed by atoms with Gasteiger partial charge in [-0.3, -0.25) is 4.79 Å². The van der Waals surface area contributed by atoms with Crippen LogP contribution < -0.4 is 5.56 Å². The van der Waals surface area contributed by atoms with Gasteiger partial charge in [0.2, 0.25) is 0 Å². The van der Waals surface area contributed by atoms with Crippen LogP contribution in [-0.4, -0.2) is 24.1 Å². The number of hydrogen-bond donors (Lipinski definition) is 0. The third-order valence-electron chi connectivity index (χ3n) is 3.92. The van der Waals surface area contributed by atoms with Gasteiger partial charge in [0.1, 0.15) is 6.33 Å². The van der Waals surface area contributed by atoms with E-state index in [9.17, 15) is 4.79 Å². The monoisotopic (exact) mass is 255 g/mol. The fourth-order valence-corrected chi connectivity index (χ4v) is 2.95. The fraction of sp³-hybridized carbons (Fsp3) is 0.385. The zero-order valence-corrected chi connectivity index (χ0v) is 10.4. The van der Waals surface area contributed by atoms with Crippen LogP contribution in [-0.2, 0) is 0 Å². The lowest BCUT2D eigenvalue weighted by atomic mass is 10.2. The van der Waals surface area contributed by atoms with Crippen molar-refractivity contribution in [1.82, 2.24) is 24.1 Å². The number of rotatable bonds is 1. The first-order valence-corrected chi connectivity index (χ1v) is 6.54. The molecule has 6 heteroatoms. The Balaban J connectivity index is 2.02. The van der Waals surface area contributed by atoms with Gasteiger partial charge in [0, 0.05) is 18.4 Å². The summed E-state index contributed by atoms with van der Waals surface area (Å²) in [6.45, 7) is 0. The highest BCUT2D eigenvalue weighted by atomic mass is 16.1. The molecular formula is C13H13N5O. The highest BCUT2D eigenvalue weighted by molar-refractivity contribution is 5.78. The van der Waals surface area contributed by atoms with Crippen LogP contribution in [0.5, 0.6) is 0 Å². The molecule has 96 valence electrons. The van der Waals surface area contributed by atoms with Crippen molar-refractivity contribution in [3.63, 3.8) is 0 Å². The molecule has 0 atom stereocenters. The molecule has 3 heterocycles. The number of pyridine rings is 1. The fourth-order valence-electron chi connectivity index (χ4n) is 2.95. The molecule has 1 aliphatic carbocycles. The van der Waals surface area contributed by atoms with E-state index in [4.69, 9.17) is 0 Å². The van der Waals surface area contributed by atoms with Gasteiger partial charge >= 0.3 is 0 Å². The topological polar surface area (TPSA) is 65.1 Å². The largest absolute Gasteiger partial charge is 0.312 e. The summed E-state index contributed by atoms with van der Waals surface area (Å²) in [6.07, 6.45) is 9.51. The summed E-state index contributed by atoms with van der Waals surface area (Å²) in [5.41, 5.74) is 0.788. The van der Waals surface area contributed by atoms with E-state index in [1.165, 1.54) is 19.2 Å². The number of hydrogen-bond acceptors (Lipinski definition) is 4. The van der Waals surface area contributed by atoms with Crippen LogP contribution in [0.3, 0.4) is 0 Å². The smallest absolute Gasteiger partial charge is 0.261 e. The number of fused-ring (bicyclic) bond motifs is 3. The van der Waals surface area contributed by atoms with Gasteiger partial charge in [-0.15, -0.1) is 0 Å². The minimum absolute atomic E-state index is 0.0225. The molecular weight excluding hydrogens is 242 g/mol. The Morgan fingerprint density at radius 3 is 2.89 bits per heavy atom. The maximum atomic E-state index is 12.5. The van der Waals surface area contributed by atoms with Crippen LogP contribution >= 0.6 is 0 Å². The summed E-state index contributed by atoms with van der Waals surface area (Å²) in [6, 6.07) is 2.27. The Morgan fingerprint density at radius 2 is 2.05 bits per heavy atom. The third kappa shape index (κ3) is 1.49. The van der Waals surface area contributed by atoms with Gasteiger partial charge in [0.15, 0.2) is 0 Å². The lowest BCUT2D eigenvalue weighted by Gasteiger charge is -2.13. The predicted octanol–water partition coefficient (Wildman–Crippen LogP) is 1.55. The number of aromatic nitrogens is 5. The summed E-state index contributed by atoms with van der Waals surface area (Å²) >= 11 is 0. The second kappa shape index (κ2) is 3.88. The van der Waals surface area contributed by atoms with E-state index in [-0.39, 0.29) is 5.56 Å². The van der Waals surface area contributed by atoms with Crippen molar-refractivity contribution in [3.05, 3.63) is 35.1 Å². The Kier molecular flexibility index (Phi) is 2.18. The first kappa shape index (κ1) is 10.7. The van der Waals surface area contributed by atoms with Gasteiger partial charge in [-0.05, 0) is 18.9 Å². The van der Waals surface area contributed by atoms with Crippen LogP contribution in [0.2, 0.25) is 0 Å². The Hall–Kier alpha value is -2.24. The van der Waals surface area contributed by atoms with Gasteiger partial charge in [0.05, 0.1) is 10.9 Å². The van der Waals surface area contributed by atoms with E-state index in [0.717, 1.165) is 18.4 Å². The second-order valence-electron chi connectivity index (χ2n) is 5.00. The van der Waals surface area contributed by atoms with Gasteiger partial charge in [0.25, 0.3) is 11.3 Å². The van der Waals surface area contributed by atoms with Gasteiger partial charge in [-0.1, -0.05) is 12.8 Å². The summed E-state index contributed by atoms with van der Waals surface area (Å²) < 4.78 is 3.45. The summed E-state index contributed by atoms with van der Waals surface area (Å²) in [4.78, 5) is 20.7. The lowest BCUT2D eigenvalue weighted by molar-refractivity contribution is 0.505. The van der Waals surface area contributed by atoms with Crippen molar-refractivity contribution >= 4 is 16.7 Å². The highest BCUT2D eigenvalue weighted by Gasteiger charge is 2.19. The van der Waals surface area contributed by atoms with Crippen LogP contribution in [0, 0.1) is 0 Å². The molecule has 0 saturated heterocycles. The number of nitrogens with zero attached hydrogens (tertiary/aromatic N) is 5. The van der Waals surface area contributed by atoms with E-state index < -0.39 is 0 Å². The third-order valence-corrected chi connectivity index (χ3v) is 3.92. The molecule has 0 N–H and O–H groups in total. The Bertz CT molecular complexity index is 813. The molecule has 0 aromatic carbocycles. The van der Waals surface area contributed by atoms with Crippen molar-refractivity contribution in [2.75, 3.05) is 0 Å². The van der Waals surface area contributed by atoms with E-state index in [1.54, 1.807) is 10.7 Å². The quantitative estimate of drug-likeness (QED) is 0.661. The molecule has 0 bridgehead atoms. The molecule has 0 unspecified atom stereocenters. The van der Waals surface area contributed by atoms with Crippen LogP contribution in [0.15, 0.2) is 29.6 Å². The zero-order valence-electron chi connectivity index (χ0n) is 10.4. The molecule has 1 saturated carbocycles. The normalized spacial score (nSPS) is 16.6. The molecule has 3 aromatic rings. The average molecular weight is 255 g/mol. The molecule has 19 heavy (non-hydrogen) atoms. The van der Waals surface area contributed by atoms with E-state index in [1.807, 2.05) is 16.8 Å². The van der Waals surface area contributed by atoms with Crippen molar-refractivity contribution in [2.45, 2.75) is 31.7 Å². The molecule has 1 fully saturated rings. The van der Waals surface area contributed by atoms with Gasteiger partial charge in [-0.25, -0.2) is 4.98 Å². The first-order chi connectivity index (χ1) is 9.34. The minimum atomic E-state index is 0.0225. The SMILES string of the molecule is O=c1c2cnc3ncnn3c2ccn1C1CCCC1. The van der Waals surface area contributed by atoms with Crippen molar-refractivity contribution < 1.29 is 0 Å². The molecule has 6 nitrogen and oxygen atoms in total. The maximum Gasteiger partial charge on any atom is 0.261 e. The molecule has 0 amide bonds. The Morgan fingerprint density at radius 1 is 1.21 bits per heavy atom. The summed E-state index contributed by atoms with van der Waals surface area (Å²) in [5.74, 6) is 0.519. The highest BCUT2D eigenvalue weighted by Crippen LogP contribution is 2.28. The molecule has 0 aliphatic heterocycles. The van der Waals surface area contributed by atoms with Crippen LogP contribution in [0.25, 0.3) is 16.7 Å². The molecule has 4 rings (SSSR count). The van der Waals surface area contributed by atoms with Crippen LogP contribution in [0.4, 0.5) is 0 Å². The van der Waals surface area contributed by atoms with E-state index in [0.29, 0.717) is 17.2 Å². The molecule has 1 aliphatic rings.